The number of phosphoric acid groups is 1. The highest BCUT2D eigenvalue weighted by Crippen LogP contribution is 2.38. The van der Waals surface area contributed by atoms with Crippen LogP contribution in [-0.2, 0) is 32.7 Å². The van der Waals surface area contributed by atoms with Gasteiger partial charge in [0.05, 0.1) is 27.7 Å². The molecule has 10 heteroatoms. The average molecular weight is 1280 g/mol. The van der Waals surface area contributed by atoms with E-state index < -0.39 is 32.5 Å². The first-order chi connectivity index (χ1) is 45.0. The lowest BCUT2D eigenvalue weighted by atomic mass is 10.1. The number of phosphoric ester groups is 1. The first-order valence-electron chi connectivity index (χ1n) is 35.1. The Balaban J connectivity index is 4.27. The van der Waals surface area contributed by atoms with E-state index in [2.05, 4.69) is 245 Å². The van der Waals surface area contributed by atoms with E-state index >= 15 is 0 Å². The minimum absolute atomic E-state index is 0.0544. The molecule has 0 aromatic carbocycles. The lowest BCUT2D eigenvalue weighted by Gasteiger charge is -2.28. The number of hydrogen-bond donors (Lipinski definition) is 0. The van der Waals surface area contributed by atoms with Crippen LogP contribution in [0.3, 0.4) is 0 Å². The number of nitrogens with zero attached hydrogens (tertiary/aromatic N) is 1. The summed E-state index contributed by atoms with van der Waals surface area (Å²) in [7, 11) is 1.10. The Hall–Kier alpha value is -5.93. The number of allylic oxidation sites excluding steroid dienone is 38. The first-order valence-corrected chi connectivity index (χ1v) is 36.6. The maximum atomic E-state index is 12.9. The lowest BCUT2D eigenvalue weighted by Crippen LogP contribution is -2.37. The summed E-state index contributed by atoms with van der Waals surface area (Å²) < 4.78 is 34.2. The molecule has 0 N–H and O–H groups in total. The maximum absolute atomic E-state index is 12.9. The number of hydrogen-bond acceptors (Lipinski definition) is 8. The zero-order valence-electron chi connectivity index (χ0n) is 58.1. The normalized spacial score (nSPS) is 14.5. The lowest BCUT2D eigenvalue weighted by molar-refractivity contribution is -0.870. The molecular weight excluding hydrogens is 1160 g/mol. The van der Waals surface area contributed by atoms with Crippen molar-refractivity contribution in [2.45, 2.75) is 225 Å². The fourth-order valence-corrected chi connectivity index (χ4v) is 9.11. The molecule has 92 heavy (non-hydrogen) atoms. The molecule has 0 spiro atoms. The molecule has 2 unspecified atom stereocenters. The number of quaternary nitrogens is 1. The molecule has 0 radical (unpaired) electrons. The van der Waals surface area contributed by atoms with Gasteiger partial charge in [-0.3, -0.25) is 14.2 Å². The number of carbonyl (C=O) groups excluding carboxylic acids is 2. The Morgan fingerprint density at radius 1 is 0.337 bits per heavy atom. The van der Waals surface area contributed by atoms with Crippen LogP contribution < -0.4 is 4.89 Å². The summed E-state index contributed by atoms with van der Waals surface area (Å²) in [6.45, 7) is 3.91. The van der Waals surface area contributed by atoms with E-state index in [9.17, 15) is 19.0 Å². The van der Waals surface area contributed by atoms with Crippen LogP contribution in [0.4, 0.5) is 0 Å². The van der Waals surface area contributed by atoms with E-state index in [1.165, 1.54) is 0 Å². The molecule has 0 aliphatic heterocycles. The summed E-state index contributed by atoms with van der Waals surface area (Å²) in [6, 6.07) is 0. The second-order valence-corrected chi connectivity index (χ2v) is 24.8. The largest absolute Gasteiger partial charge is 0.756 e. The van der Waals surface area contributed by atoms with Gasteiger partial charge in [0, 0.05) is 12.8 Å². The highest BCUT2D eigenvalue weighted by molar-refractivity contribution is 7.45. The SMILES string of the molecule is CC/C=C\C/C=C\C/C=C\C/C=C\C/C=C\C/C=C\C/C=C\C/C=C\C/C=C\C/C=C\C/C=C\CCCCCC(=O)OC(COC(=O)CCCCCCCC/C=C\C/C=C\C/C=C\C/C=C\C/C=C\C/C=C\C/C=C\C/C=C\CC)COP(=O)([O-])OCC[N+](C)(C)C. The summed E-state index contributed by atoms with van der Waals surface area (Å²) in [4.78, 5) is 38.1. The highest BCUT2D eigenvalue weighted by atomic mass is 31.2. The molecule has 0 aliphatic carbocycles. The van der Waals surface area contributed by atoms with Gasteiger partial charge in [0.25, 0.3) is 7.82 Å². The fourth-order valence-electron chi connectivity index (χ4n) is 8.38. The Kier molecular flexibility index (Phi) is 64.9. The van der Waals surface area contributed by atoms with Crippen molar-refractivity contribution in [2.24, 2.45) is 0 Å². The van der Waals surface area contributed by atoms with Crippen LogP contribution in [0.15, 0.2) is 231 Å². The summed E-state index contributed by atoms with van der Waals surface area (Å²) in [5, 5.41) is 0. The third-order valence-electron chi connectivity index (χ3n) is 13.7. The second-order valence-electron chi connectivity index (χ2n) is 23.4. The molecule has 0 aromatic rings. The van der Waals surface area contributed by atoms with Crippen molar-refractivity contribution in [1.82, 2.24) is 0 Å². The summed E-state index contributed by atoms with van der Waals surface area (Å²) >= 11 is 0. The predicted octanol–water partition coefficient (Wildman–Crippen LogP) is 22.7. The molecule has 0 heterocycles. The van der Waals surface area contributed by atoms with Crippen LogP contribution in [0.2, 0.25) is 0 Å². The molecule has 2 atom stereocenters. The van der Waals surface area contributed by atoms with Gasteiger partial charge in [-0.1, -0.05) is 277 Å². The van der Waals surface area contributed by atoms with Gasteiger partial charge >= 0.3 is 11.9 Å². The van der Waals surface area contributed by atoms with Gasteiger partial charge < -0.3 is 27.9 Å². The summed E-state index contributed by atoms with van der Waals surface area (Å²) in [5.74, 6) is -0.910. The minimum atomic E-state index is -4.68. The topological polar surface area (TPSA) is 111 Å². The molecule has 512 valence electrons. The van der Waals surface area contributed by atoms with Crippen molar-refractivity contribution in [3.05, 3.63) is 231 Å². The molecular formula is C82H126NO8P. The predicted molar refractivity (Wildman–Crippen MR) is 396 cm³/mol. The average Bonchev–Trinajstić information content (AvgIpc) is 2.34. The van der Waals surface area contributed by atoms with Gasteiger partial charge in [-0.25, -0.2) is 0 Å². The van der Waals surface area contributed by atoms with Gasteiger partial charge in [-0.15, -0.1) is 0 Å². The van der Waals surface area contributed by atoms with E-state index in [1.807, 2.05) is 21.1 Å². The number of unbranched alkanes of at least 4 members (excludes halogenated alkanes) is 9. The molecule has 0 bridgehead atoms. The Labute approximate surface area is 562 Å². The Morgan fingerprint density at radius 2 is 0.587 bits per heavy atom. The van der Waals surface area contributed by atoms with Crippen LogP contribution in [0.25, 0.3) is 0 Å². The monoisotopic (exact) mass is 1280 g/mol. The van der Waals surface area contributed by atoms with E-state index in [4.69, 9.17) is 18.5 Å². The van der Waals surface area contributed by atoms with Crippen molar-refractivity contribution < 1.29 is 42.1 Å². The van der Waals surface area contributed by atoms with Crippen molar-refractivity contribution >= 4 is 19.8 Å². The van der Waals surface area contributed by atoms with Crippen LogP contribution >= 0.6 is 7.82 Å². The Bertz CT molecular complexity index is 2400. The molecule has 0 aliphatic rings. The second kappa shape index (κ2) is 69.4. The van der Waals surface area contributed by atoms with Crippen molar-refractivity contribution in [2.75, 3.05) is 47.5 Å². The number of rotatable bonds is 61. The molecule has 0 aromatic heterocycles. The van der Waals surface area contributed by atoms with Crippen LogP contribution in [0, 0.1) is 0 Å². The zero-order valence-corrected chi connectivity index (χ0v) is 59.0. The van der Waals surface area contributed by atoms with Crippen LogP contribution in [0.1, 0.15) is 219 Å². The standard InChI is InChI=1S/C82H126NO8P/c1-6-8-10-12-14-16-18-20-22-24-26-28-30-32-34-36-38-39-40-41-42-43-45-47-49-51-53-55-57-59-61-63-65-67-69-71-73-75-82(85)91-80(79-90-92(86,87)89-77-76-83(3,4)5)78-88-81(84)74-72-70-68-66-64-62-60-58-56-54-52-50-48-46-44-37-35-33-31-29-27-25-23-21-19-17-15-13-11-9-7-2/h8-11,14-17,20-23,26-29,32-35,38-39,41-42,44-47,50-53,56-59,63,65,80H,6-7,12-13,18-19,24-25,30-31,36-37,40,43,48-49,54-55,60-62,64,66-79H2,1-5H3/b10-8-,11-9-,16-14-,17-15-,22-20-,23-21-,28-26-,29-27-,34-32-,35-33-,39-38-,42-41-,46-44-,47-45-,52-50-,53-51-,58-56-,59-57-,65-63-. The molecule has 0 saturated heterocycles. The smallest absolute Gasteiger partial charge is 0.306 e. The van der Waals surface area contributed by atoms with E-state index in [0.717, 1.165) is 180 Å². The van der Waals surface area contributed by atoms with Crippen molar-refractivity contribution in [3.63, 3.8) is 0 Å². The number of ether oxygens (including phenoxy) is 2. The van der Waals surface area contributed by atoms with E-state index in [0.29, 0.717) is 23.9 Å². The number of esters is 2. The van der Waals surface area contributed by atoms with E-state index in [1.54, 1.807) is 0 Å². The Morgan fingerprint density at radius 3 is 0.880 bits per heavy atom. The summed E-state index contributed by atoms with van der Waals surface area (Å²) in [6.07, 6.45) is 113. The first kappa shape index (κ1) is 86.1. The van der Waals surface area contributed by atoms with E-state index in [-0.39, 0.29) is 26.1 Å². The highest BCUT2D eigenvalue weighted by Gasteiger charge is 2.22. The molecule has 0 saturated carbocycles. The molecule has 9 nitrogen and oxygen atoms in total. The summed E-state index contributed by atoms with van der Waals surface area (Å²) in [5.41, 5.74) is 0. The molecule has 0 fully saturated rings. The van der Waals surface area contributed by atoms with Crippen LogP contribution in [-0.4, -0.2) is 70.0 Å². The van der Waals surface area contributed by atoms with Gasteiger partial charge in [0.1, 0.15) is 19.8 Å². The van der Waals surface area contributed by atoms with Gasteiger partial charge in [0.2, 0.25) is 0 Å². The van der Waals surface area contributed by atoms with Crippen LogP contribution in [0.5, 0.6) is 0 Å². The minimum Gasteiger partial charge on any atom is -0.756 e. The molecule has 0 rings (SSSR count). The molecule has 0 amide bonds. The maximum Gasteiger partial charge on any atom is 0.306 e. The quantitative estimate of drug-likeness (QED) is 0.0195. The van der Waals surface area contributed by atoms with Crippen molar-refractivity contribution in [3.8, 4) is 0 Å². The number of carbonyl (C=O) groups is 2. The third-order valence-corrected chi connectivity index (χ3v) is 14.6. The van der Waals surface area contributed by atoms with Gasteiger partial charge in [-0.05, 0) is 161 Å². The third kappa shape index (κ3) is 73.1. The number of likely N-dealkylation sites (N-methyl/N-ethyl adjacent to an activating group) is 1. The fraction of sp³-hybridized carbons (Fsp3) is 0.512. The van der Waals surface area contributed by atoms with Gasteiger partial charge in [-0.2, -0.15) is 0 Å². The van der Waals surface area contributed by atoms with Gasteiger partial charge in [0.15, 0.2) is 6.10 Å². The van der Waals surface area contributed by atoms with Crippen molar-refractivity contribution in [1.29, 1.82) is 0 Å². The zero-order chi connectivity index (χ0) is 66.9.